The molecule has 75 heavy (non-hydrogen) atoms. The second kappa shape index (κ2) is 51.4. The molecule has 6 unspecified atom stereocenters. The first-order chi connectivity index (χ1) is 36.6. The summed E-state index contributed by atoms with van der Waals surface area (Å²) >= 11 is 0. The van der Waals surface area contributed by atoms with E-state index in [-0.39, 0.29) is 25.9 Å². The van der Waals surface area contributed by atoms with E-state index in [4.69, 9.17) is 23.7 Å². The quantitative estimate of drug-likeness (QED) is 0.0228. The molecule has 0 radical (unpaired) electrons. The van der Waals surface area contributed by atoms with Crippen LogP contribution < -0.4 is 0 Å². The predicted molar refractivity (Wildman–Crippen MR) is 303 cm³/mol. The minimum absolute atomic E-state index is 0.0508. The zero-order valence-electron chi connectivity index (χ0n) is 47.8. The fraction of sp³-hybridized carbons (Fsp3) is 0.810. The Hall–Kier alpha value is -3.32. The van der Waals surface area contributed by atoms with Crippen molar-refractivity contribution in [2.45, 2.75) is 314 Å². The van der Waals surface area contributed by atoms with Crippen molar-refractivity contribution in [3.05, 3.63) is 48.6 Å². The molecule has 1 rings (SSSR count). The van der Waals surface area contributed by atoms with Gasteiger partial charge in [-0.3, -0.25) is 14.4 Å². The maximum Gasteiger partial charge on any atom is 0.335 e. The van der Waals surface area contributed by atoms with Gasteiger partial charge in [0.2, 0.25) is 0 Å². The first-order valence-electron chi connectivity index (χ1n) is 30.6. The molecule has 1 aliphatic rings. The number of carboxylic acids is 1. The Morgan fingerprint density at radius 1 is 0.453 bits per heavy atom. The van der Waals surface area contributed by atoms with E-state index in [9.17, 15) is 34.5 Å². The Bertz CT molecular complexity index is 1490. The third kappa shape index (κ3) is 41.5. The van der Waals surface area contributed by atoms with Crippen LogP contribution in [0.25, 0.3) is 0 Å². The molecule has 1 saturated heterocycles. The number of hydrogen-bond donors (Lipinski definition) is 3. The summed E-state index contributed by atoms with van der Waals surface area (Å²) in [5, 5.41) is 31.5. The van der Waals surface area contributed by atoms with Crippen LogP contribution in [0.15, 0.2) is 48.6 Å². The summed E-state index contributed by atoms with van der Waals surface area (Å²) in [7, 11) is 0. The van der Waals surface area contributed by atoms with Crippen molar-refractivity contribution in [3.63, 3.8) is 0 Å². The van der Waals surface area contributed by atoms with Gasteiger partial charge in [-0.25, -0.2) is 4.79 Å². The third-order valence-electron chi connectivity index (χ3n) is 13.9. The highest BCUT2D eigenvalue weighted by molar-refractivity contribution is 5.74. The lowest BCUT2D eigenvalue weighted by Crippen LogP contribution is -2.61. The average Bonchev–Trinajstić information content (AvgIpc) is 3.39. The molecule has 0 bridgehead atoms. The molecule has 1 aliphatic heterocycles. The van der Waals surface area contributed by atoms with E-state index in [0.717, 1.165) is 103 Å². The first kappa shape index (κ1) is 69.7. The molecule has 1 heterocycles. The minimum atomic E-state index is -1.90. The fourth-order valence-corrected chi connectivity index (χ4v) is 9.20. The summed E-state index contributed by atoms with van der Waals surface area (Å²) in [5.41, 5.74) is 0. The highest BCUT2D eigenvalue weighted by atomic mass is 16.7. The Balaban J connectivity index is 2.61. The Morgan fingerprint density at radius 3 is 1.29 bits per heavy atom. The number of unbranched alkanes of at least 4 members (excludes halogenated alkanes) is 30. The molecule has 0 amide bonds. The maximum atomic E-state index is 13.1. The van der Waals surface area contributed by atoms with Gasteiger partial charge in [-0.1, -0.05) is 230 Å². The number of ether oxygens (including phenoxy) is 5. The zero-order chi connectivity index (χ0) is 54.7. The number of rotatable bonds is 52. The van der Waals surface area contributed by atoms with Crippen molar-refractivity contribution >= 4 is 23.9 Å². The van der Waals surface area contributed by atoms with E-state index >= 15 is 0 Å². The second-order valence-electron chi connectivity index (χ2n) is 21.0. The summed E-state index contributed by atoms with van der Waals surface area (Å²) < 4.78 is 28.4. The van der Waals surface area contributed by atoms with Gasteiger partial charge in [-0.15, -0.1) is 0 Å². The van der Waals surface area contributed by atoms with Gasteiger partial charge in [-0.2, -0.15) is 0 Å². The van der Waals surface area contributed by atoms with Crippen LogP contribution in [0.2, 0.25) is 0 Å². The van der Waals surface area contributed by atoms with Crippen LogP contribution in [0, 0.1) is 0 Å². The summed E-state index contributed by atoms with van der Waals surface area (Å²) in [6.45, 7) is 5.87. The number of aliphatic carboxylic acids is 1. The normalized spacial score (nSPS) is 18.4. The number of aliphatic hydroxyl groups excluding tert-OH is 2. The van der Waals surface area contributed by atoms with Gasteiger partial charge in [0.25, 0.3) is 0 Å². The van der Waals surface area contributed by atoms with Crippen LogP contribution in [-0.2, 0) is 42.9 Å². The van der Waals surface area contributed by atoms with Gasteiger partial charge in [0.15, 0.2) is 24.6 Å². The number of carboxylic acid groups (broad SMARTS) is 1. The van der Waals surface area contributed by atoms with Gasteiger partial charge >= 0.3 is 23.9 Å². The highest BCUT2D eigenvalue weighted by Crippen LogP contribution is 2.26. The third-order valence-corrected chi connectivity index (χ3v) is 13.9. The van der Waals surface area contributed by atoms with E-state index < -0.39 is 67.3 Å². The van der Waals surface area contributed by atoms with Crippen molar-refractivity contribution in [3.8, 4) is 0 Å². The van der Waals surface area contributed by atoms with Crippen LogP contribution in [0.1, 0.15) is 278 Å². The monoisotopic (exact) mass is 1060 g/mol. The van der Waals surface area contributed by atoms with Gasteiger partial charge in [-0.05, 0) is 77.0 Å². The molecule has 6 atom stereocenters. The SMILES string of the molecule is CC/C=C\C/C=C\C/C=C\CCCCCCCCCC(=O)OC1C(OCC(COC(=O)CCCCCCCCCCC/C=C\CCCCCCCC)OC(=O)CCCCCCCCCCC)OC(C(=O)O)C(O)C1O. The lowest BCUT2D eigenvalue weighted by molar-refractivity contribution is -0.301. The minimum Gasteiger partial charge on any atom is -0.479 e. The molecule has 434 valence electrons. The van der Waals surface area contributed by atoms with Crippen molar-refractivity contribution in [2.75, 3.05) is 13.2 Å². The standard InChI is InChI=1S/C63H110O12/c1-4-7-10-13-16-19-21-23-25-27-28-30-31-33-35-38-40-43-46-49-55(64)71-52-54(73-56(65)50-47-44-41-37-18-15-12-9-6-3)53-72-63-61(59(68)58(67)60(75-63)62(69)70)74-57(66)51-48-45-42-39-36-34-32-29-26-24-22-20-17-14-11-8-5-2/h8,11,17,20,23-26,54,58-61,63,67-68H,4-7,9-10,12-16,18-19,21-22,27-53H2,1-3H3,(H,69,70)/b11-8-,20-17-,25-23-,26-24-. The first-order valence-corrected chi connectivity index (χ1v) is 30.6. The number of aliphatic hydroxyl groups is 2. The number of esters is 3. The molecular formula is C63H110O12. The number of allylic oxidation sites excluding steroid dienone is 8. The molecule has 12 nitrogen and oxygen atoms in total. The molecule has 0 aromatic heterocycles. The molecule has 0 spiro atoms. The van der Waals surface area contributed by atoms with Crippen LogP contribution >= 0.6 is 0 Å². The lowest BCUT2D eigenvalue weighted by atomic mass is 9.98. The summed E-state index contributed by atoms with van der Waals surface area (Å²) in [6.07, 6.45) is 49.5. The van der Waals surface area contributed by atoms with E-state index in [0.29, 0.717) is 19.3 Å². The number of hydrogen-bond acceptors (Lipinski definition) is 11. The van der Waals surface area contributed by atoms with Crippen LogP contribution in [0.5, 0.6) is 0 Å². The topological polar surface area (TPSA) is 175 Å². The fourth-order valence-electron chi connectivity index (χ4n) is 9.20. The zero-order valence-corrected chi connectivity index (χ0v) is 47.8. The van der Waals surface area contributed by atoms with Crippen molar-refractivity contribution in [1.82, 2.24) is 0 Å². The van der Waals surface area contributed by atoms with E-state index in [1.807, 2.05) is 0 Å². The molecular weight excluding hydrogens is 949 g/mol. The van der Waals surface area contributed by atoms with E-state index in [1.165, 1.54) is 116 Å². The molecule has 3 N–H and O–H groups in total. The second-order valence-corrected chi connectivity index (χ2v) is 21.0. The smallest absolute Gasteiger partial charge is 0.335 e. The van der Waals surface area contributed by atoms with Crippen molar-refractivity contribution in [2.24, 2.45) is 0 Å². The highest BCUT2D eigenvalue weighted by Gasteiger charge is 2.50. The molecule has 0 aromatic carbocycles. The summed E-state index contributed by atoms with van der Waals surface area (Å²) in [6, 6.07) is 0. The van der Waals surface area contributed by atoms with Gasteiger partial charge < -0.3 is 39.0 Å². The largest absolute Gasteiger partial charge is 0.479 e. The van der Waals surface area contributed by atoms with E-state index in [2.05, 4.69) is 69.4 Å². The maximum absolute atomic E-state index is 13.1. The predicted octanol–water partition coefficient (Wildman–Crippen LogP) is 15.8. The Kier molecular flexibility index (Phi) is 47.8. The van der Waals surface area contributed by atoms with Crippen molar-refractivity contribution < 1.29 is 58.2 Å². The summed E-state index contributed by atoms with van der Waals surface area (Å²) in [5.74, 6) is -3.12. The van der Waals surface area contributed by atoms with Gasteiger partial charge in [0.05, 0.1) is 6.61 Å². The number of carbonyl (C=O) groups is 4. The average molecular weight is 1060 g/mol. The Morgan fingerprint density at radius 2 is 0.840 bits per heavy atom. The molecule has 0 aliphatic carbocycles. The van der Waals surface area contributed by atoms with Gasteiger partial charge in [0, 0.05) is 19.3 Å². The lowest BCUT2D eigenvalue weighted by Gasteiger charge is -2.40. The molecule has 1 fully saturated rings. The molecule has 0 saturated carbocycles. The van der Waals surface area contributed by atoms with Crippen LogP contribution in [-0.4, -0.2) is 89.2 Å². The van der Waals surface area contributed by atoms with Crippen LogP contribution in [0.4, 0.5) is 0 Å². The van der Waals surface area contributed by atoms with Gasteiger partial charge in [0.1, 0.15) is 18.8 Å². The van der Waals surface area contributed by atoms with Crippen molar-refractivity contribution in [1.29, 1.82) is 0 Å². The number of carbonyl (C=O) groups excluding carboxylic acids is 3. The van der Waals surface area contributed by atoms with Crippen LogP contribution in [0.3, 0.4) is 0 Å². The Labute approximate surface area is 456 Å². The summed E-state index contributed by atoms with van der Waals surface area (Å²) in [4.78, 5) is 51.1. The molecule has 12 heteroatoms. The molecule has 0 aromatic rings. The van der Waals surface area contributed by atoms with E-state index in [1.54, 1.807) is 0 Å².